The molecule has 3 N–H and O–H groups in total. The van der Waals surface area contributed by atoms with E-state index in [1.807, 2.05) is 17.9 Å². The Morgan fingerprint density at radius 3 is 2.58 bits per heavy atom. The van der Waals surface area contributed by atoms with Gasteiger partial charge in [0.15, 0.2) is 0 Å². The van der Waals surface area contributed by atoms with Gasteiger partial charge in [-0.1, -0.05) is 24.3 Å². The number of nitrogens with two attached hydrogens (primary N) is 1. The number of H-pyrrole nitrogens is 1. The average Bonchev–Trinajstić information content (AvgIpc) is 3.37. The van der Waals surface area contributed by atoms with Gasteiger partial charge in [-0.25, -0.2) is 4.39 Å². The Bertz CT molecular complexity index is 1210. The lowest BCUT2D eigenvalue weighted by atomic mass is 9.88. The third-order valence-electron chi connectivity index (χ3n) is 8.24. The van der Waals surface area contributed by atoms with Crippen LogP contribution in [0.4, 0.5) is 4.39 Å². The lowest BCUT2D eigenvalue weighted by Crippen LogP contribution is -2.55. The smallest absolute Gasteiger partial charge is 0.239 e. The van der Waals surface area contributed by atoms with Gasteiger partial charge in [0.25, 0.3) is 0 Å². The highest BCUT2D eigenvalue weighted by Gasteiger charge is 2.33. The molecule has 8 heteroatoms. The molecule has 3 aromatic rings. The van der Waals surface area contributed by atoms with Gasteiger partial charge in [-0.2, -0.15) is 0 Å². The Kier molecular flexibility index (Phi) is 8.61. The molecule has 38 heavy (non-hydrogen) atoms. The third kappa shape index (κ3) is 6.03. The number of rotatable bonds is 9. The van der Waals surface area contributed by atoms with Gasteiger partial charge in [-0.3, -0.25) is 9.69 Å². The second-order valence-electron chi connectivity index (χ2n) is 10.6. The maximum Gasteiger partial charge on any atom is 0.239 e. The van der Waals surface area contributed by atoms with Crippen molar-refractivity contribution in [2.45, 2.75) is 38.8 Å². The van der Waals surface area contributed by atoms with Gasteiger partial charge in [0.05, 0.1) is 12.6 Å². The number of ether oxygens (including phenoxy) is 1. The summed E-state index contributed by atoms with van der Waals surface area (Å²) >= 11 is 0. The number of likely N-dealkylation sites (tertiary alicyclic amines) is 1. The first-order valence-electron chi connectivity index (χ1n) is 14.0. The fraction of sp³-hybridized carbons (Fsp3) is 0.500. The molecule has 2 fully saturated rings. The van der Waals surface area contributed by atoms with E-state index in [4.69, 9.17) is 10.5 Å². The third-order valence-corrected chi connectivity index (χ3v) is 8.24. The Balaban J connectivity index is 1.06. The van der Waals surface area contributed by atoms with Crippen LogP contribution in [0.2, 0.25) is 0 Å². The van der Waals surface area contributed by atoms with E-state index in [0.29, 0.717) is 50.6 Å². The highest BCUT2D eigenvalue weighted by molar-refractivity contribution is 5.83. The zero-order chi connectivity index (χ0) is 26.5. The fourth-order valence-electron chi connectivity index (χ4n) is 5.90. The summed E-state index contributed by atoms with van der Waals surface area (Å²) in [6.07, 6.45) is 5.05. The van der Waals surface area contributed by atoms with E-state index in [0.717, 1.165) is 38.9 Å². The van der Waals surface area contributed by atoms with Crippen molar-refractivity contribution in [3.05, 3.63) is 65.6 Å². The van der Waals surface area contributed by atoms with Crippen LogP contribution in [-0.2, 0) is 17.8 Å². The Morgan fingerprint density at radius 2 is 1.82 bits per heavy atom. The first-order chi connectivity index (χ1) is 18.5. The summed E-state index contributed by atoms with van der Waals surface area (Å²) in [7, 11) is 0. The molecule has 1 aromatic heterocycles. The molecule has 0 saturated carbocycles. The normalized spacial score (nSPS) is 18.7. The van der Waals surface area contributed by atoms with Crippen LogP contribution in [0.1, 0.15) is 30.9 Å². The summed E-state index contributed by atoms with van der Waals surface area (Å²) in [5.41, 5.74) is 9.65. The van der Waals surface area contributed by atoms with Crippen molar-refractivity contribution in [3.8, 4) is 5.75 Å². The number of nitrogens with one attached hydrogen (secondary N) is 1. The SMILES string of the molecule is CCOc1cccc(F)c1CN1CCN(C(=O)[C@H](N)C2CCN(CCc3c[nH]c4ccccc34)CC2)CC1. The van der Waals surface area contributed by atoms with Crippen LogP contribution in [0.25, 0.3) is 10.9 Å². The Morgan fingerprint density at radius 1 is 1.05 bits per heavy atom. The maximum atomic E-state index is 14.5. The summed E-state index contributed by atoms with van der Waals surface area (Å²) in [6, 6.07) is 13.0. The summed E-state index contributed by atoms with van der Waals surface area (Å²) in [5.74, 6) is 0.630. The van der Waals surface area contributed by atoms with Crippen LogP contribution in [0.15, 0.2) is 48.7 Å². The first-order valence-corrected chi connectivity index (χ1v) is 14.0. The summed E-state index contributed by atoms with van der Waals surface area (Å²) < 4.78 is 20.1. The Hall–Kier alpha value is -2.94. The average molecular weight is 522 g/mol. The van der Waals surface area contributed by atoms with E-state index in [9.17, 15) is 9.18 Å². The van der Waals surface area contributed by atoms with Gasteiger partial charge in [0.2, 0.25) is 5.91 Å². The van der Waals surface area contributed by atoms with Crippen LogP contribution < -0.4 is 10.5 Å². The minimum absolute atomic E-state index is 0.0581. The quantitative estimate of drug-likeness (QED) is 0.450. The maximum absolute atomic E-state index is 14.5. The monoisotopic (exact) mass is 521 g/mol. The number of fused-ring (bicyclic) bond motifs is 1. The molecule has 1 atom stereocenters. The van der Waals surface area contributed by atoms with Crippen LogP contribution in [-0.4, -0.2) is 84.1 Å². The van der Waals surface area contributed by atoms with Gasteiger partial charge < -0.3 is 25.3 Å². The predicted molar refractivity (Wildman–Crippen MR) is 149 cm³/mol. The van der Waals surface area contributed by atoms with Crippen molar-refractivity contribution in [2.75, 3.05) is 52.4 Å². The largest absolute Gasteiger partial charge is 0.493 e. The number of aromatic nitrogens is 1. The Labute approximate surface area is 224 Å². The van der Waals surface area contributed by atoms with Crippen molar-refractivity contribution in [2.24, 2.45) is 11.7 Å². The standard InChI is InChI=1S/C30H40FN5O2/c1-2-38-28-9-5-7-26(31)25(28)21-35-16-18-36(19-17-35)30(37)29(32)22-10-13-34(14-11-22)15-12-23-20-33-27-8-4-3-6-24(23)27/h3-9,20,22,29,33H,2,10-19,21,32H2,1H3/t29-/m1/s1. The van der Waals surface area contributed by atoms with Crippen molar-refractivity contribution in [1.82, 2.24) is 19.7 Å². The predicted octanol–water partition coefficient (Wildman–Crippen LogP) is 3.63. The molecule has 2 saturated heterocycles. The van der Waals surface area contributed by atoms with Crippen molar-refractivity contribution < 1.29 is 13.9 Å². The zero-order valence-electron chi connectivity index (χ0n) is 22.4. The number of hydrogen-bond donors (Lipinski definition) is 2. The van der Waals surface area contributed by atoms with E-state index in [-0.39, 0.29) is 17.6 Å². The van der Waals surface area contributed by atoms with Crippen LogP contribution >= 0.6 is 0 Å². The van der Waals surface area contributed by atoms with Gasteiger partial charge in [-0.05, 0) is 69.0 Å². The van der Waals surface area contributed by atoms with E-state index in [2.05, 4.69) is 45.2 Å². The molecule has 2 aromatic carbocycles. The van der Waals surface area contributed by atoms with Gasteiger partial charge in [0.1, 0.15) is 11.6 Å². The van der Waals surface area contributed by atoms with Gasteiger partial charge >= 0.3 is 0 Å². The van der Waals surface area contributed by atoms with Crippen molar-refractivity contribution in [3.63, 3.8) is 0 Å². The zero-order valence-corrected chi connectivity index (χ0v) is 22.4. The van der Waals surface area contributed by atoms with Gasteiger partial charge in [0, 0.05) is 61.9 Å². The second-order valence-corrected chi connectivity index (χ2v) is 10.6. The number of hydrogen-bond acceptors (Lipinski definition) is 5. The minimum Gasteiger partial charge on any atom is -0.493 e. The number of nitrogens with zero attached hydrogens (tertiary/aromatic N) is 3. The molecular formula is C30H40FN5O2. The number of piperidine rings is 1. The molecular weight excluding hydrogens is 481 g/mol. The number of carbonyl (C=O) groups is 1. The molecule has 0 unspecified atom stereocenters. The van der Waals surface area contributed by atoms with Gasteiger partial charge in [-0.15, -0.1) is 0 Å². The fourth-order valence-corrected chi connectivity index (χ4v) is 5.90. The molecule has 0 bridgehead atoms. The molecule has 204 valence electrons. The van der Waals surface area contributed by atoms with Crippen molar-refractivity contribution in [1.29, 1.82) is 0 Å². The molecule has 0 aliphatic carbocycles. The molecule has 5 rings (SSSR count). The minimum atomic E-state index is -0.451. The van der Waals surface area contributed by atoms with E-state index in [1.165, 1.54) is 22.5 Å². The lowest BCUT2D eigenvalue weighted by molar-refractivity contribution is -0.136. The lowest BCUT2D eigenvalue weighted by Gasteiger charge is -2.39. The first kappa shape index (κ1) is 26.7. The molecule has 2 aliphatic heterocycles. The molecule has 3 heterocycles. The second kappa shape index (κ2) is 12.3. The van der Waals surface area contributed by atoms with Crippen LogP contribution in [0, 0.1) is 11.7 Å². The van der Waals surface area contributed by atoms with E-state index in [1.54, 1.807) is 6.07 Å². The van der Waals surface area contributed by atoms with Crippen LogP contribution in [0.5, 0.6) is 5.75 Å². The number of halogens is 1. The molecule has 0 radical (unpaired) electrons. The van der Waals surface area contributed by atoms with Crippen molar-refractivity contribution >= 4 is 16.8 Å². The highest BCUT2D eigenvalue weighted by Crippen LogP contribution is 2.25. The molecule has 0 spiro atoms. The summed E-state index contributed by atoms with van der Waals surface area (Å²) in [4.78, 5) is 23.2. The number of carbonyl (C=O) groups excluding carboxylic acids is 1. The molecule has 2 aliphatic rings. The number of amides is 1. The number of benzene rings is 2. The number of para-hydroxylation sites is 1. The van der Waals surface area contributed by atoms with E-state index < -0.39 is 6.04 Å². The van der Waals surface area contributed by atoms with E-state index >= 15 is 0 Å². The molecule has 1 amide bonds. The summed E-state index contributed by atoms with van der Waals surface area (Å²) in [6.45, 7) is 8.49. The number of aromatic amines is 1. The number of piperazine rings is 1. The highest BCUT2D eigenvalue weighted by atomic mass is 19.1. The van der Waals surface area contributed by atoms with Crippen LogP contribution in [0.3, 0.4) is 0 Å². The molecule has 7 nitrogen and oxygen atoms in total. The summed E-state index contributed by atoms with van der Waals surface area (Å²) in [5, 5.41) is 1.30. The topological polar surface area (TPSA) is 77.8 Å².